The molecule has 1 aromatic heterocycles. The van der Waals surface area contributed by atoms with Gasteiger partial charge in [-0.05, 0) is 18.2 Å². The van der Waals surface area contributed by atoms with Crippen molar-refractivity contribution in [2.75, 3.05) is 11.9 Å². The summed E-state index contributed by atoms with van der Waals surface area (Å²) in [6.07, 6.45) is 3.35. The van der Waals surface area contributed by atoms with E-state index in [2.05, 4.69) is 0 Å². The van der Waals surface area contributed by atoms with E-state index in [9.17, 15) is 5.11 Å². The topological polar surface area (TPSA) is 36.6 Å². The van der Waals surface area contributed by atoms with Gasteiger partial charge in [0, 0.05) is 35.4 Å². The second-order valence-electron chi connectivity index (χ2n) is 3.88. The molecule has 0 bridgehead atoms. The molecule has 0 aliphatic rings. The molecule has 0 saturated heterocycles. The van der Waals surface area contributed by atoms with E-state index in [0.29, 0.717) is 11.6 Å². The first kappa shape index (κ1) is 12.0. The first-order valence-electron chi connectivity index (χ1n) is 5.33. The minimum atomic E-state index is -0.0647. The average Bonchev–Trinajstić information content (AvgIpc) is 2.81. The first-order valence-corrected chi connectivity index (χ1v) is 5.70. The number of rotatable bonds is 4. The van der Waals surface area contributed by atoms with Crippen LogP contribution >= 0.6 is 11.6 Å². The van der Waals surface area contributed by atoms with Crippen molar-refractivity contribution in [3.63, 3.8) is 0 Å². The molecule has 2 aromatic rings. The van der Waals surface area contributed by atoms with Crippen LogP contribution in [0, 0.1) is 0 Å². The maximum Gasteiger partial charge on any atom is 0.0952 e. The Morgan fingerprint density at radius 2 is 2.18 bits per heavy atom. The summed E-state index contributed by atoms with van der Waals surface area (Å²) < 4.78 is 5.03. The van der Waals surface area contributed by atoms with E-state index in [1.165, 1.54) is 0 Å². The maximum absolute atomic E-state index is 9.34. The fourth-order valence-corrected chi connectivity index (χ4v) is 2.03. The molecule has 3 nitrogen and oxygen atoms in total. The highest BCUT2D eigenvalue weighted by Crippen LogP contribution is 2.27. The molecule has 0 aliphatic carbocycles. The van der Waals surface area contributed by atoms with Gasteiger partial charge in [-0.1, -0.05) is 17.7 Å². The van der Waals surface area contributed by atoms with Gasteiger partial charge in [0.25, 0.3) is 0 Å². The molecule has 0 atom stereocenters. The van der Waals surface area contributed by atoms with Crippen LogP contribution in [0.25, 0.3) is 0 Å². The zero-order valence-corrected chi connectivity index (χ0v) is 10.3. The SMILES string of the molecule is CN(Cc1ccoc1)c1cccc(Cl)c1CO. The van der Waals surface area contributed by atoms with Crippen molar-refractivity contribution in [2.45, 2.75) is 13.2 Å². The Bertz CT molecular complexity index is 482. The number of anilines is 1. The maximum atomic E-state index is 9.34. The molecule has 0 saturated carbocycles. The molecule has 90 valence electrons. The lowest BCUT2D eigenvalue weighted by Gasteiger charge is -2.21. The van der Waals surface area contributed by atoms with Gasteiger partial charge in [0.15, 0.2) is 0 Å². The highest BCUT2D eigenvalue weighted by atomic mass is 35.5. The van der Waals surface area contributed by atoms with Crippen molar-refractivity contribution in [1.29, 1.82) is 0 Å². The van der Waals surface area contributed by atoms with E-state index >= 15 is 0 Å². The summed E-state index contributed by atoms with van der Waals surface area (Å²) in [5, 5.41) is 9.93. The van der Waals surface area contributed by atoms with Crippen molar-refractivity contribution < 1.29 is 9.52 Å². The minimum absolute atomic E-state index is 0.0647. The summed E-state index contributed by atoms with van der Waals surface area (Å²) in [7, 11) is 1.96. The molecule has 0 radical (unpaired) electrons. The Morgan fingerprint density at radius 1 is 1.35 bits per heavy atom. The Labute approximate surface area is 105 Å². The number of hydrogen-bond acceptors (Lipinski definition) is 3. The largest absolute Gasteiger partial charge is 0.472 e. The van der Waals surface area contributed by atoms with Gasteiger partial charge < -0.3 is 14.4 Å². The molecule has 0 fully saturated rings. The van der Waals surface area contributed by atoms with Crippen LogP contribution < -0.4 is 4.90 Å². The number of hydrogen-bond donors (Lipinski definition) is 1. The zero-order valence-electron chi connectivity index (χ0n) is 9.56. The summed E-state index contributed by atoms with van der Waals surface area (Å²) in [6, 6.07) is 7.52. The van der Waals surface area contributed by atoms with Crippen molar-refractivity contribution in [2.24, 2.45) is 0 Å². The minimum Gasteiger partial charge on any atom is -0.472 e. The number of nitrogens with zero attached hydrogens (tertiary/aromatic N) is 1. The highest BCUT2D eigenvalue weighted by molar-refractivity contribution is 6.31. The van der Waals surface area contributed by atoms with E-state index in [4.69, 9.17) is 16.0 Å². The third kappa shape index (κ3) is 2.62. The van der Waals surface area contributed by atoms with Crippen molar-refractivity contribution in [1.82, 2.24) is 0 Å². The Morgan fingerprint density at radius 3 is 2.82 bits per heavy atom. The third-order valence-electron chi connectivity index (χ3n) is 2.66. The summed E-state index contributed by atoms with van der Waals surface area (Å²) in [4.78, 5) is 2.03. The smallest absolute Gasteiger partial charge is 0.0952 e. The second-order valence-corrected chi connectivity index (χ2v) is 4.29. The van der Waals surface area contributed by atoms with E-state index in [0.717, 1.165) is 16.8 Å². The summed E-state index contributed by atoms with van der Waals surface area (Å²) in [5.74, 6) is 0. The van der Waals surface area contributed by atoms with Gasteiger partial charge in [0.1, 0.15) is 0 Å². The molecule has 0 unspecified atom stereocenters. The van der Waals surface area contributed by atoms with Crippen molar-refractivity contribution >= 4 is 17.3 Å². The number of halogens is 1. The van der Waals surface area contributed by atoms with Crippen LogP contribution in [-0.4, -0.2) is 12.2 Å². The summed E-state index contributed by atoms with van der Waals surface area (Å²) in [5.41, 5.74) is 2.76. The predicted octanol–water partition coefficient (Wildman–Crippen LogP) is 3.06. The average molecular weight is 252 g/mol. The van der Waals surface area contributed by atoms with Crippen LogP contribution in [-0.2, 0) is 13.2 Å². The predicted molar refractivity (Wildman–Crippen MR) is 68.2 cm³/mol. The van der Waals surface area contributed by atoms with Crippen LogP contribution in [0.3, 0.4) is 0 Å². The summed E-state index contributed by atoms with van der Waals surface area (Å²) >= 11 is 6.05. The lowest BCUT2D eigenvalue weighted by Crippen LogP contribution is -2.17. The molecule has 1 heterocycles. The van der Waals surface area contributed by atoms with Gasteiger partial charge in [-0.3, -0.25) is 0 Å². The zero-order chi connectivity index (χ0) is 12.3. The highest BCUT2D eigenvalue weighted by Gasteiger charge is 2.10. The van der Waals surface area contributed by atoms with Gasteiger partial charge in [-0.2, -0.15) is 0 Å². The molecule has 0 aliphatic heterocycles. The van der Waals surface area contributed by atoms with Crippen molar-refractivity contribution in [3.8, 4) is 0 Å². The third-order valence-corrected chi connectivity index (χ3v) is 3.02. The lowest BCUT2D eigenvalue weighted by atomic mass is 10.1. The Balaban J connectivity index is 2.24. The Kier molecular flexibility index (Phi) is 3.71. The number of benzene rings is 1. The van der Waals surface area contributed by atoms with Crippen LogP contribution in [0.2, 0.25) is 5.02 Å². The number of aliphatic hydroxyl groups is 1. The van der Waals surface area contributed by atoms with E-state index < -0.39 is 0 Å². The first-order chi connectivity index (χ1) is 8.22. The summed E-state index contributed by atoms with van der Waals surface area (Å²) in [6.45, 7) is 0.647. The van der Waals surface area contributed by atoms with Gasteiger partial charge in [-0.25, -0.2) is 0 Å². The molecule has 4 heteroatoms. The quantitative estimate of drug-likeness (QED) is 0.907. The monoisotopic (exact) mass is 251 g/mol. The van der Waals surface area contributed by atoms with E-state index in [1.807, 2.05) is 30.1 Å². The van der Waals surface area contributed by atoms with Crippen LogP contribution in [0.1, 0.15) is 11.1 Å². The normalized spacial score (nSPS) is 10.5. The standard InChI is InChI=1S/C13H14ClNO2/c1-15(7-10-5-6-17-9-10)13-4-2-3-12(14)11(13)8-16/h2-6,9,16H,7-8H2,1H3. The fraction of sp³-hybridized carbons (Fsp3) is 0.231. The second kappa shape index (κ2) is 5.25. The number of furan rings is 1. The lowest BCUT2D eigenvalue weighted by molar-refractivity contribution is 0.282. The molecule has 0 spiro atoms. The van der Waals surface area contributed by atoms with Crippen molar-refractivity contribution in [3.05, 3.63) is 52.9 Å². The number of aliphatic hydroxyl groups excluding tert-OH is 1. The van der Waals surface area contributed by atoms with Crippen LogP contribution in [0.4, 0.5) is 5.69 Å². The van der Waals surface area contributed by atoms with Crippen LogP contribution in [0.5, 0.6) is 0 Å². The molecule has 1 N–H and O–H groups in total. The van der Waals surface area contributed by atoms with Gasteiger partial charge in [0.2, 0.25) is 0 Å². The molecular weight excluding hydrogens is 238 g/mol. The molecular formula is C13H14ClNO2. The van der Waals surface area contributed by atoms with Gasteiger partial charge in [0.05, 0.1) is 19.1 Å². The van der Waals surface area contributed by atoms with Gasteiger partial charge in [-0.15, -0.1) is 0 Å². The fourth-order valence-electron chi connectivity index (χ4n) is 1.80. The molecule has 1 aromatic carbocycles. The van der Waals surface area contributed by atoms with E-state index in [-0.39, 0.29) is 6.61 Å². The van der Waals surface area contributed by atoms with Gasteiger partial charge >= 0.3 is 0 Å². The Hall–Kier alpha value is -1.45. The molecule has 17 heavy (non-hydrogen) atoms. The van der Waals surface area contributed by atoms with Crippen LogP contribution in [0.15, 0.2) is 41.2 Å². The molecule has 0 amide bonds. The molecule has 2 rings (SSSR count). The van der Waals surface area contributed by atoms with E-state index in [1.54, 1.807) is 18.6 Å².